The minimum absolute atomic E-state index is 0.0553. The van der Waals surface area contributed by atoms with Crippen molar-refractivity contribution in [1.82, 2.24) is 35.2 Å². The van der Waals surface area contributed by atoms with Gasteiger partial charge in [-0.15, -0.1) is 5.10 Å². The van der Waals surface area contributed by atoms with Crippen molar-refractivity contribution in [2.75, 3.05) is 44.2 Å². The number of benzene rings is 1. The average Bonchev–Trinajstić information content (AvgIpc) is 3.29. The van der Waals surface area contributed by atoms with Crippen LogP contribution in [0.3, 0.4) is 0 Å². The zero-order valence-electron chi connectivity index (χ0n) is 18.0. The largest absolute Gasteiger partial charge is 0.435 e. The Balaban J connectivity index is 1.30. The van der Waals surface area contributed by atoms with Crippen molar-refractivity contribution in [2.24, 2.45) is 0 Å². The van der Waals surface area contributed by atoms with Gasteiger partial charge in [0.05, 0.1) is 5.69 Å². The van der Waals surface area contributed by atoms with Gasteiger partial charge in [0.2, 0.25) is 5.95 Å². The predicted molar refractivity (Wildman–Crippen MR) is 114 cm³/mol. The van der Waals surface area contributed by atoms with Crippen LogP contribution in [0.25, 0.3) is 5.69 Å². The van der Waals surface area contributed by atoms with E-state index in [1.807, 2.05) is 0 Å². The Kier molecular flexibility index (Phi) is 7.01. The second-order valence-corrected chi connectivity index (χ2v) is 7.66. The molecule has 1 aliphatic heterocycles. The molecule has 1 N–H and O–H groups in total. The second kappa shape index (κ2) is 10.1. The minimum Gasteiger partial charge on any atom is -0.351 e. The molecule has 4 rings (SSSR count). The monoisotopic (exact) mass is 478 g/mol. The summed E-state index contributed by atoms with van der Waals surface area (Å²) in [5.74, 6) is -0.888. The molecule has 1 aromatic carbocycles. The molecule has 1 fully saturated rings. The first-order valence-corrected chi connectivity index (χ1v) is 10.6. The maximum Gasteiger partial charge on any atom is 0.435 e. The van der Waals surface area contributed by atoms with E-state index in [1.54, 1.807) is 18.5 Å². The van der Waals surface area contributed by atoms with Crippen molar-refractivity contribution < 1.29 is 22.4 Å². The van der Waals surface area contributed by atoms with Crippen LogP contribution in [0, 0.1) is 5.82 Å². The zero-order chi connectivity index (χ0) is 24.1. The fourth-order valence-electron chi connectivity index (χ4n) is 3.67. The van der Waals surface area contributed by atoms with Gasteiger partial charge >= 0.3 is 6.18 Å². The highest BCUT2D eigenvalue weighted by molar-refractivity contribution is 5.93. The molecular weight excluding hydrogens is 456 g/mol. The number of anilines is 1. The van der Waals surface area contributed by atoms with Crippen LogP contribution in [0.4, 0.5) is 23.5 Å². The van der Waals surface area contributed by atoms with Gasteiger partial charge in [-0.25, -0.2) is 19.0 Å². The van der Waals surface area contributed by atoms with E-state index in [4.69, 9.17) is 0 Å². The number of carbonyl (C=O) groups excluding carboxylic acids is 1. The third kappa shape index (κ3) is 5.47. The van der Waals surface area contributed by atoms with Crippen LogP contribution in [0.5, 0.6) is 0 Å². The lowest BCUT2D eigenvalue weighted by molar-refractivity contribution is -0.143. The summed E-state index contributed by atoms with van der Waals surface area (Å²) >= 11 is 0. The quantitative estimate of drug-likeness (QED) is 0.411. The van der Waals surface area contributed by atoms with Crippen LogP contribution in [-0.4, -0.2) is 75.0 Å². The number of nitrogens with zero attached hydrogens (tertiary/aromatic N) is 7. The summed E-state index contributed by atoms with van der Waals surface area (Å²) in [4.78, 5) is 25.2. The molecule has 0 unspecified atom stereocenters. The number of piperazine rings is 1. The Bertz CT molecular complexity index is 1100. The molecule has 3 heterocycles. The molecule has 1 saturated heterocycles. The van der Waals surface area contributed by atoms with Gasteiger partial charge in [-0.3, -0.25) is 9.69 Å². The summed E-state index contributed by atoms with van der Waals surface area (Å²) in [6.45, 7) is 3.96. The fraction of sp³-hybridized carbons (Fsp3) is 0.381. The lowest BCUT2D eigenvalue weighted by Crippen LogP contribution is -2.47. The number of aromatic nitrogens is 5. The first-order valence-electron chi connectivity index (χ1n) is 10.6. The number of carbonyl (C=O) groups is 1. The minimum atomic E-state index is -4.88. The summed E-state index contributed by atoms with van der Waals surface area (Å²) in [5, 5.41) is 9.41. The molecule has 34 heavy (non-hydrogen) atoms. The van der Waals surface area contributed by atoms with Crippen LogP contribution in [-0.2, 0) is 6.18 Å². The van der Waals surface area contributed by atoms with Crippen molar-refractivity contribution in [3.8, 4) is 5.69 Å². The van der Waals surface area contributed by atoms with Crippen molar-refractivity contribution in [3.05, 3.63) is 59.9 Å². The van der Waals surface area contributed by atoms with Gasteiger partial charge in [-0.1, -0.05) is 5.21 Å². The Morgan fingerprint density at radius 1 is 1.03 bits per heavy atom. The van der Waals surface area contributed by atoms with Gasteiger partial charge in [0, 0.05) is 45.1 Å². The van der Waals surface area contributed by atoms with E-state index in [-0.39, 0.29) is 12.2 Å². The van der Waals surface area contributed by atoms with Crippen molar-refractivity contribution in [1.29, 1.82) is 0 Å². The normalized spacial score (nSPS) is 14.9. The number of alkyl halides is 3. The van der Waals surface area contributed by atoms with E-state index < -0.39 is 29.3 Å². The Morgan fingerprint density at radius 2 is 1.71 bits per heavy atom. The van der Waals surface area contributed by atoms with E-state index in [9.17, 15) is 22.4 Å². The lowest BCUT2D eigenvalue weighted by atomic mass is 10.2. The highest BCUT2D eigenvalue weighted by Crippen LogP contribution is 2.32. The first kappa shape index (κ1) is 23.5. The molecule has 0 spiro atoms. The van der Waals surface area contributed by atoms with Gasteiger partial charge in [-0.2, -0.15) is 13.2 Å². The molecule has 0 saturated carbocycles. The number of amides is 1. The molecule has 0 aliphatic carbocycles. The van der Waals surface area contributed by atoms with Crippen LogP contribution in [0.15, 0.2) is 42.7 Å². The number of nitrogens with one attached hydrogen (secondary N) is 1. The Morgan fingerprint density at radius 3 is 2.35 bits per heavy atom. The maximum atomic E-state index is 13.7. The highest BCUT2D eigenvalue weighted by Gasteiger charge is 2.42. The third-order valence-electron chi connectivity index (χ3n) is 5.37. The molecule has 0 bridgehead atoms. The van der Waals surface area contributed by atoms with Crippen molar-refractivity contribution in [2.45, 2.75) is 12.6 Å². The Hall–Kier alpha value is -3.61. The van der Waals surface area contributed by atoms with E-state index in [0.29, 0.717) is 23.6 Å². The van der Waals surface area contributed by atoms with Crippen LogP contribution >= 0.6 is 0 Å². The molecular formula is C21H22F4N8O. The van der Waals surface area contributed by atoms with Gasteiger partial charge in [-0.05, 0) is 43.3 Å². The van der Waals surface area contributed by atoms with Gasteiger partial charge in [0.25, 0.3) is 5.91 Å². The molecule has 13 heteroatoms. The summed E-state index contributed by atoms with van der Waals surface area (Å²) in [5.41, 5.74) is -2.19. The average molecular weight is 478 g/mol. The molecule has 1 aliphatic rings. The highest BCUT2D eigenvalue weighted by atomic mass is 19.4. The number of rotatable bonds is 7. The standard InChI is InChI=1S/C21H22F4N8O/c22-15-3-5-16(6-4-15)33-18(21(23,24)25)17(29-30-33)19(34)26-9-2-10-31-11-13-32(14-12-31)20-27-7-1-8-28-20/h1,3-8H,2,9-14H2,(H,26,34). The number of hydrogen-bond acceptors (Lipinski definition) is 7. The molecule has 180 valence electrons. The molecule has 9 nitrogen and oxygen atoms in total. The van der Waals surface area contributed by atoms with Gasteiger partial charge < -0.3 is 10.2 Å². The van der Waals surface area contributed by atoms with Crippen LogP contribution in [0.2, 0.25) is 0 Å². The van der Waals surface area contributed by atoms with E-state index >= 15 is 0 Å². The fourth-order valence-corrected chi connectivity index (χ4v) is 3.67. The van der Waals surface area contributed by atoms with Crippen molar-refractivity contribution >= 4 is 11.9 Å². The first-order chi connectivity index (χ1) is 16.3. The zero-order valence-corrected chi connectivity index (χ0v) is 18.0. The SMILES string of the molecule is O=C(NCCCN1CCN(c2ncccn2)CC1)c1nnn(-c2ccc(F)cc2)c1C(F)(F)F. The summed E-state index contributed by atoms with van der Waals surface area (Å²) in [6.07, 6.45) is -0.937. The summed E-state index contributed by atoms with van der Waals surface area (Å²) in [6, 6.07) is 6.03. The molecule has 3 aromatic rings. The predicted octanol–water partition coefficient (Wildman–Crippen LogP) is 2.16. The van der Waals surface area contributed by atoms with E-state index in [2.05, 4.69) is 35.4 Å². The van der Waals surface area contributed by atoms with E-state index in [0.717, 1.165) is 50.4 Å². The van der Waals surface area contributed by atoms with E-state index in [1.165, 1.54) is 0 Å². The summed E-state index contributed by atoms with van der Waals surface area (Å²) < 4.78 is 54.7. The summed E-state index contributed by atoms with van der Waals surface area (Å²) in [7, 11) is 0. The second-order valence-electron chi connectivity index (χ2n) is 7.66. The Labute approximate surface area is 192 Å². The molecule has 0 atom stereocenters. The molecule has 0 radical (unpaired) electrons. The third-order valence-corrected chi connectivity index (χ3v) is 5.37. The maximum absolute atomic E-state index is 13.7. The smallest absolute Gasteiger partial charge is 0.351 e. The number of hydrogen-bond donors (Lipinski definition) is 1. The molecule has 1 amide bonds. The number of halogens is 4. The topological polar surface area (TPSA) is 92.1 Å². The van der Waals surface area contributed by atoms with Crippen molar-refractivity contribution in [3.63, 3.8) is 0 Å². The van der Waals surface area contributed by atoms with Crippen LogP contribution in [0.1, 0.15) is 22.6 Å². The lowest BCUT2D eigenvalue weighted by Gasteiger charge is -2.34. The van der Waals surface area contributed by atoms with Crippen LogP contribution < -0.4 is 10.2 Å². The van der Waals surface area contributed by atoms with Gasteiger partial charge in [0.1, 0.15) is 5.82 Å². The molecule has 2 aromatic heterocycles. The van der Waals surface area contributed by atoms with Gasteiger partial charge in [0.15, 0.2) is 11.4 Å².